The summed E-state index contributed by atoms with van der Waals surface area (Å²) in [6.45, 7) is 16.6. The molecule has 0 radical (unpaired) electrons. The Labute approximate surface area is 157 Å². The van der Waals surface area contributed by atoms with Gasteiger partial charge in [0, 0.05) is 33.9 Å². The van der Waals surface area contributed by atoms with Crippen LogP contribution in [0, 0.1) is 5.92 Å². The van der Waals surface area contributed by atoms with Gasteiger partial charge in [-0.2, -0.15) is 0 Å². The van der Waals surface area contributed by atoms with E-state index < -0.39 is 25.4 Å². The maximum absolute atomic E-state index is 12.3. The molecule has 0 aromatic carbocycles. The third kappa shape index (κ3) is 9.45. The summed E-state index contributed by atoms with van der Waals surface area (Å²) in [4.78, 5) is 12.3. The lowest BCUT2D eigenvalue weighted by Gasteiger charge is -2.36. The van der Waals surface area contributed by atoms with Crippen molar-refractivity contribution in [1.29, 1.82) is 0 Å². The summed E-state index contributed by atoms with van der Waals surface area (Å²) in [5.41, 5.74) is 0. The van der Waals surface area contributed by atoms with Crippen molar-refractivity contribution in [2.24, 2.45) is 5.92 Å². The van der Waals surface area contributed by atoms with Crippen LogP contribution in [-0.2, 0) is 22.5 Å². The first kappa shape index (κ1) is 25.0. The number of carbonyl (C=O) groups excluding carboxylic acids is 1. The zero-order valence-electron chi connectivity index (χ0n) is 17.9. The minimum Gasteiger partial charge on any atom is -0.520 e. The molecule has 0 aliphatic rings. The Morgan fingerprint density at radius 1 is 0.960 bits per heavy atom. The van der Waals surface area contributed by atoms with Gasteiger partial charge >= 0.3 is 8.80 Å². The van der Waals surface area contributed by atoms with Gasteiger partial charge in [-0.1, -0.05) is 26.6 Å². The zero-order valence-corrected chi connectivity index (χ0v) is 20.9. The first-order valence-corrected chi connectivity index (χ1v) is 17.7. The van der Waals surface area contributed by atoms with E-state index in [-0.39, 0.29) is 11.9 Å². The fraction of sp³-hybridized carbons (Fsp3) is 0.938. The molecule has 0 aromatic rings. The SMILES string of the molecule is CO[Si](CCCN(CC(C)C(=O)O[Si](C)(C)C)[Si](C)(C)C)(OC)OC. The van der Waals surface area contributed by atoms with E-state index in [1.165, 1.54) is 0 Å². The lowest BCUT2D eigenvalue weighted by molar-refractivity contribution is -0.139. The van der Waals surface area contributed by atoms with Crippen molar-refractivity contribution in [3.8, 4) is 0 Å². The number of hydrogen-bond acceptors (Lipinski definition) is 6. The maximum Gasteiger partial charge on any atom is 0.500 e. The molecule has 0 saturated carbocycles. The van der Waals surface area contributed by atoms with Gasteiger partial charge in [0.2, 0.25) is 8.32 Å². The maximum atomic E-state index is 12.3. The molecule has 0 spiro atoms. The van der Waals surface area contributed by atoms with Gasteiger partial charge < -0.3 is 22.3 Å². The summed E-state index contributed by atoms with van der Waals surface area (Å²) in [5.74, 6) is -0.190. The van der Waals surface area contributed by atoms with Gasteiger partial charge in [-0.15, -0.1) is 0 Å². The lowest BCUT2D eigenvalue weighted by Crippen LogP contribution is -2.50. The van der Waals surface area contributed by atoms with Crippen molar-refractivity contribution >= 4 is 31.3 Å². The lowest BCUT2D eigenvalue weighted by atomic mass is 10.2. The topological polar surface area (TPSA) is 57.2 Å². The van der Waals surface area contributed by atoms with E-state index in [2.05, 4.69) is 24.2 Å². The van der Waals surface area contributed by atoms with E-state index >= 15 is 0 Å². The molecule has 0 amide bonds. The van der Waals surface area contributed by atoms with Gasteiger partial charge in [-0.25, -0.2) is 0 Å². The molecule has 0 aliphatic carbocycles. The smallest absolute Gasteiger partial charge is 0.500 e. The minimum absolute atomic E-state index is 0.0724. The van der Waals surface area contributed by atoms with E-state index in [9.17, 15) is 4.79 Å². The fourth-order valence-electron chi connectivity index (χ4n) is 2.55. The molecule has 0 aliphatic heterocycles. The third-order valence-corrected chi connectivity index (χ3v) is 10.0. The van der Waals surface area contributed by atoms with Crippen LogP contribution >= 0.6 is 0 Å². The Hall–Kier alpha value is -0.0394. The van der Waals surface area contributed by atoms with Crippen LogP contribution in [0.15, 0.2) is 0 Å². The fourth-order valence-corrected chi connectivity index (χ4v) is 6.71. The van der Waals surface area contributed by atoms with Gasteiger partial charge in [0.05, 0.1) is 5.92 Å². The number of nitrogens with zero attached hydrogens (tertiary/aromatic N) is 1. The molecule has 0 N–H and O–H groups in total. The predicted molar refractivity (Wildman–Crippen MR) is 110 cm³/mol. The van der Waals surface area contributed by atoms with E-state index in [1.54, 1.807) is 21.3 Å². The van der Waals surface area contributed by atoms with Crippen LogP contribution in [0.5, 0.6) is 0 Å². The van der Waals surface area contributed by atoms with Crippen LogP contribution in [0.3, 0.4) is 0 Å². The standard InChI is InChI=1S/C16H39NO5Si3/c1-15(16(18)22-24(8,9)10)14-17(23(5,6)7)12-11-13-25(19-2,20-3)21-4/h15H,11-14H2,1-10H3. The summed E-state index contributed by atoms with van der Waals surface area (Å²) in [6, 6.07) is 0.769. The monoisotopic (exact) mass is 409 g/mol. The Morgan fingerprint density at radius 3 is 1.80 bits per heavy atom. The summed E-state index contributed by atoms with van der Waals surface area (Å²) in [7, 11) is -1.00. The van der Waals surface area contributed by atoms with Crippen LogP contribution < -0.4 is 0 Å². The van der Waals surface area contributed by atoms with E-state index in [1.807, 2.05) is 26.6 Å². The van der Waals surface area contributed by atoms with Crippen LogP contribution in [0.2, 0.25) is 45.3 Å². The molecule has 25 heavy (non-hydrogen) atoms. The van der Waals surface area contributed by atoms with Crippen molar-refractivity contribution in [2.45, 2.75) is 58.7 Å². The van der Waals surface area contributed by atoms with E-state index in [0.29, 0.717) is 0 Å². The molecular weight excluding hydrogens is 370 g/mol. The highest BCUT2D eigenvalue weighted by Gasteiger charge is 2.38. The molecule has 0 saturated heterocycles. The van der Waals surface area contributed by atoms with Crippen molar-refractivity contribution in [2.75, 3.05) is 34.4 Å². The van der Waals surface area contributed by atoms with Crippen molar-refractivity contribution in [1.82, 2.24) is 4.57 Å². The largest absolute Gasteiger partial charge is 0.520 e. The van der Waals surface area contributed by atoms with Gasteiger partial charge in [-0.3, -0.25) is 4.79 Å². The Kier molecular flexibility index (Phi) is 10.3. The molecule has 6 nitrogen and oxygen atoms in total. The van der Waals surface area contributed by atoms with Crippen LogP contribution in [-0.4, -0.2) is 70.3 Å². The van der Waals surface area contributed by atoms with Crippen molar-refractivity contribution in [3.05, 3.63) is 0 Å². The molecule has 0 fully saturated rings. The van der Waals surface area contributed by atoms with Crippen LogP contribution in [0.4, 0.5) is 0 Å². The second kappa shape index (κ2) is 10.3. The molecular formula is C16H39NO5Si3. The highest BCUT2D eigenvalue weighted by atomic mass is 28.4. The first-order chi connectivity index (χ1) is 11.3. The van der Waals surface area contributed by atoms with Gasteiger partial charge in [0.1, 0.15) is 8.24 Å². The van der Waals surface area contributed by atoms with Crippen LogP contribution in [0.1, 0.15) is 13.3 Å². The number of hydrogen-bond donors (Lipinski definition) is 0. The molecule has 0 rings (SSSR count). The van der Waals surface area contributed by atoms with Gasteiger partial charge in [-0.05, 0) is 32.6 Å². The van der Waals surface area contributed by atoms with E-state index in [4.69, 9.17) is 17.7 Å². The average molecular weight is 410 g/mol. The summed E-state index contributed by atoms with van der Waals surface area (Å²) in [5, 5.41) is 0. The number of carbonyl (C=O) groups is 1. The molecule has 9 heteroatoms. The first-order valence-electron chi connectivity index (χ1n) is 8.93. The Morgan fingerprint density at radius 2 is 1.44 bits per heavy atom. The molecule has 0 aromatic heterocycles. The molecule has 0 heterocycles. The van der Waals surface area contributed by atoms with Crippen LogP contribution in [0.25, 0.3) is 0 Å². The Bertz CT molecular complexity index is 397. The zero-order chi connectivity index (χ0) is 19.9. The second-order valence-electron chi connectivity index (χ2n) is 8.45. The predicted octanol–water partition coefficient (Wildman–Crippen LogP) is 3.41. The highest BCUT2D eigenvalue weighted by Crippen LogP contribution is 2.19. The Balaban J connectivity index is 4.80. The van der Waals surface area contributed by atoms with Crippen molar-refractivity contribution < 1.29 is 22.5 Å². The molecule has 150 valence electrons. The second-order valence-corrected chi connectivity index (χ2v) is 20.9. The molecule has 0 bridgehead atoms. The summed E-state index contributed by atoms with van der Waals surface area (Å²) < 4.78 is 24.6. The van der Waals surface area contributed by atoms with Gasteiger partial charge in [0.25, 0.3) is 5.97 Å². The summed E-state index contributed by atoms with van der Waals surface area (Å²) in [6.07, 6.45) is 0.918. The molecule has 1 unspecified atom stereocenters. The molecule has 1 atom stereocenters. The van der Waals surface area contributed by atoms with E-state index in [0.717, 1.165) is 25.6 Å². The van der Waals surface area contributed by atoms with Crippen molar-refractivity contribution in [3.63, 3.8) is 0 Å². The quantitative estimate of drug-likeness (QED) is 0.460. The highest BCUT2D eigenvalue weighted by molar-refractivity contribution is 6.73. The third-order valence-electron chi connectivity index (χ3n) is 4.10. The minimum atomic E-state index is -2.53. The normalized spacial score (nSPS) is 14.7. The summed E-state index contributed by atoms with van der Waals surface area (Å²) >= 11 is 0. The average Bonchev–Trinajstić information content (AvgIpc) is 2.48. The number of rotatable bonds is 12. The van der Waals surface area contributed by atoms with Gasteiger partial charge in [0.15, 0.2) is 0 Å².